The molecule has 0 aliphatic carbocycles. The average Bonchev–Trinajstić information content (AvgIpc) is 2.39. The van der Waals surface area contributed by atoms with Crippen molar-refractivity contribution >= 4 is 12.4 Å². The van der Waals surface area contributed by atoms with E-state index in [1.54, 1.807) is 17.9 Å². The van der Waals surface area contributed by atoms with Gasteiger partial charge in [-0.3, -0.25) is 4.90 Å². The molecule has 1 atom stereocenters. The Morgan fingerprint density at radius 3 is 2.43 bits per heavy atom. The Hall–Kier alpha value is -0.850. The molecule has 0 unspecified atom stereocenters. The number of alkyl halides is 3. The van der Waals surface area contributed by atoms with Gasteiger partial charge < -0.3 is 5.32 Å². The van der Waals surface area contributed by atoms with Crippen LogP contribution in [0.25, 0.3) is 0 Å². The lowest BCUT2D eigenvalue weighted by molar-refractivity contribution is -0.149. The summed E-state index contributed by atoms with van der Waals surface area (Å²) in [5, 5.41) is 3.09. The molecule has 2 nitrogen and oxygen atoms in total. The van der Waals surface area contributed by atoms with Crippen LogP contribution >= 0.6 is 12.4 Å². The van der Waals surface area contributed by atoms with Crippen LogP contribution in [0, 0.1) is 12.7 Å². The minimum atomic E-state index is -4.31. The highest BCUT2D eigenvalue weighted by atomic mass is 35.5. The van der Waals surface area contributed by atoms with E-state index in [9.17, 15) is 17.6 Å². The molecular weight excluding hydrogens is 308 g/mol. The molecule has 120 valence electrons. The van der Waals surface area contributed by atoms with Crippen LogP contribution in [0.2, 0.25) is 0 Å². The molecule has 1 saturated heterocycles. The Kier molecular flexibility index (Phi) is 6.43. The summed E-state index contributed by atoms with van der Waals surface area (Å²) in [6.45, 7) is 4.00. The topological polar surface area (TPSA) is 15.3 Å². The van der Waals surface area contributed by atoms with Gasteiger partial charge in [-0.25, -0.2) is 4.39 Å². The zero-order valence-corrected chi connectivity index (χ0v) is 12.5. The maximum atomic E-state index is 13.9. The summed E-state index contributed by atoms with van der Waals surface area (Å²) in [7, 11) is 0. The van der Waals surface area contributed by atoms with Crippen LogP contribution in [0.4, 0.5) is 17.6 Å². The molecule has 1 heterocycles. The van der Waals surface area contributed by atoms with Crippen molar-refractivity contribution in [3.8, 4) is 0 Å². The number of halogens is 5. The third-order valence-corrected chi connectivity index (χ3v) is 3.53. The fraction of sp³-hybridized carbons (Fsp3) is 0.571. The van der Waals surface area contributed by atoms with Gasteiger partial charge in [0.25, 0.3) is 0 Å². The monoisotopic (exact) mass is 326 g/mol. The van der Waals surface area contributed by atoms with E-state index in [1.807, 2.05) is 0 Å². The maximum Gasteiger partial charge on any atom is 0.390 e. The van der Waals surface area contributed by atoms with Gasteiger partial charge >= 0.3 is 6.18 Å². The molecule has 0 saturated carbocycles. The van der Waals surface area contributed by atoms with Gasteiger partial charge in [0.1, 0.15) is 5.82 Å². The summed E-state index contributed by atoms with van der Waals surface area (Å²) in [4.78, 5) is 1.71. The van der Waals surface area contributed by atoms with Crippen molar-refractivity contribution in [2.45, 2.75) is 25.6 Å². The largest absolute Gasteiger partial charge is 0.390 e. The summed E-state index contributed by atoms with van der Waals surface area (Å²) < 4.78 is 52.4. The number of hydrogen-bond donors (Lipinski definition) is 1. The van der Waals surface area contributed by atoms with Crippen molar-refractivity contribution < 1.29 is 17.6 Å². The molecule has 0 amide bonds. The van der Waals surface area contributed by atoms with Crippen LogP contribution in [0.1, 0.15) is 23.6 Å². The first-order valence-electron chi connectivity index (χ1n) is 6.64. The van der Waals surface area contributed by atoms with Crippen LogP contribution in [0.15, 0.2) is 18.2 Å². The van der Waals surface area contributed by atoms with E-state index in [0.717, 1.165) is 5.56 Å². The van der Waals surface area contributed by atoms with Crippen LogP contribution in [0.3, 0.4) is 0 Å². The van der Waals surface area contributed by atoms with Crippen molar-refractivity contribution in [1.82, 2.24) is 10.2 Å². The second-order valence-electron chi connectivity index (χ2n) is 5.15. The second kappa shape index (κ2) is 7.42. The van der Waals surface area contributed by atoms with Crippen LogP contribution in [-0.2, 0) is 0 Å². The molecule has 21 heavy (non-hydrogen) atoms. The molecule has 0 spiro atoms. The zero-order valence-electron chi connectivity index (χ0n) is 11.7. The van der Waals surface area contributed by atoms with Crippen LogP contribution in [-0.4, -0.2) is 37.3 Å². The first-order chi connectivity index (χ1) is 9.37. The number of aryl methyl sites for hydroxylation is 1. The lowest BCUT2D eigenvalue weighted by atomic mass is 9.98. The van der Waals surface area contributed by atoms with Crippen LogP contribution in [0.5, 0.6) is 0 Å². The molecule has 1 aromatic rings. The fourth-order valence-corrected chi connectivity index (χ4v) is 2.57. The fourth-order valence-electron chi connectivity index (χ4n) is 2.57. The van der Waals surface area contributed by atoms with Gasteiger partial charge in [0, 0.05) is 37.8 Å². The quantitative estimate of drug-likeness (QED) is 0.856. The van der Waals surface area contributed by atoms with Crippen molar-refractivity contribution in [3.05, 3.63) is 35.1 Å². The summed E-state index contributed by atoms with van der Waals surface area (Å²) in [5.74, 6) is -0.566. The minimum Gasteiger partial charge on any atom is -0.314 e. The number of nitrogens with zero attached hydrogens (tertiary/aromatic N) is 1. The van der Waals surface area contributed by atoms with E-state index in [1.165, 1.54) is 12.1 Å². The molecule has 1 fully saturated rings. The lowest BCUT2D eigenvalue weighted by Crippen LogP contribution is -2.46. The zero-order chi connectivity index (χ0) is 14.8. The molecular formula is C14H19ClF4N2. The highest BCUT2D eigenvalue weighted by molar-refractivity contribution is 5.85. The van der Waals surface area contributed by atoms with E-state index >= 15 is 0 Å². The summed E-state index contributed by atoms with van der Waals surface area (Å²) in [6.07, 6.45) is -5.33. The lowest BCUT2D eigenvalue weighted by Gasteiger charge is -2.35. The van der Waals surface area contributed by atoms with E-state index in [0.29, 0.717) is 26.2 Å². The van der Waals surface area contributed by atoms with E-state index in [2.05, 4.69) is 5.32 Å². The molecule has 1 aliphatic heterocycles. The number of nitrogens with one attached hydrogen (secondary N) is 1. The summed E-state index contributed by atoms with van der Waals surface area (Å²) in [6, 6.07) is 3.39. The van der Waals surface area contributed by atoms with Gasteiger partial charge in [0.15, 0.2) is 0 Å². The molecule has 0 radical (unpaired) electrons. The molecule has 0 bridgehead atoms. The summed E-state index contributed by atoms with van der Waals surface area (Å²) >= 11 is 0. The number of benzene rings is 1. The number of hydrogen-bond acceptors (Lipinski definition) is 2. The highest BCUT2D eigenvalue weighted by Crippen LogP contribution is 2.35. The minimum absolute atomic E-state index is 0. The Labute approximate surface area is 127 Å². The Morgan fingerprint density at radius 2 is 1.86 bits per heavy atom. The van der Waals surface area contributed by atoms with Gasteiger partial charge in [-0.2, -0.15) is 13.2 Å². The van der Waals surface area contributed by atoms with Gasteiger partial charge in [-0.15, -0.1) is 12.4 Å². The first kappa shape index (κ1) is 18.2. The van der Waals surface area contributed by atoms with E-state index < -0.39 is 24.5 Å². The van der Waals surface area contributed by atoms with Crippen molar-refractivity contribution in [2.24, 2.45) is 0 Å². The summed E-state index contributed by atoms with van der Waals surface area (Å²) in [5.41, 5.74) is 0.910. The first-order valence-corrected chi connectivity index (χ1v) is 6.64. The van der Waals surface area contributed by atoms with E-state index in [4.69, 9.17) is 0 Å². The van der Waals surface area contributed by atoms with Crippen LogP contribution < -0.4 is 5.32 Å². The van der Waals surface area contributed by atoms with E-state index in [-0.39, 0.29) is 18.0 Å². The maximum absolute atomic E-state index is 13.9. The van der Waals surface area contributed by atoms with Gasteiger partial charge in [0.2, 0.25) is 0 Å². The number of piperazine rings is 1. The third kappa shape index (κ3) is 5.13. The molecule has 1 aliphatic rings. The average molecular weight is 327 g/mol. The Bertz CT molecular complexity index is 459. The SMILES string of the molecule is Cc1ccc(F)c([C@H](CC(F)(F)F)N2CCNCC2)c1.Cl. The molecule has 2 rings (SSSR count). The highest BCUT2D eigenvalue weighted by Gasteiger charge is 2.37. The smallest absolute Gasteiger partial charge is 0.314 e. The van der Waals surface area contributed by atoms with Crippen molar-refractivity contribution in [3.63, 3.8) is 0 Å². The predicted molar refractivity (Wildman–Crippen MR) is 76.2 cm³/mol. The Balaban J connectivity index is 0.00000220. The normalized spacial score (nSPS) is 18.1. The second-order valence-corrected chi connectivity index (χ2v) is 5.15. The number of rotatable bonds is 3. The van der Waals surface area contributed by atoms with Crippen molar-refractivity contribution in [1.29, 1.82) is 0 Å². The Morgan fingerprint density at radius 1 is 1.24 bits per heavy atom. The third-order valence-electron chi connectivity index (χ3n) is 3.53. The van der Waals surface area contributed by atoms with Gasteiger partial charge in [-0.05, 0) is 13.0 Å². The predicted octanol–water partition coefficient (Wildman–Crippen LogP) is 3.45. The van der Waals surface area contributed by atoms with Gasteiger partial charge in [0.05, 0.1) is 6.42 Å². The molecule has 7 heteroatoms. The molecule has 0 aromatic heterocycles. The van der Waals surface area contributed by atoms with Gasteiger partial charge in [-0.1, -0.05) is 17.7 Å². The van der Waals surface area contributed by atoms with Crippen molar-refractivity contribution in [2.75, 3.05) is 26.2 Å². The standard InChI is InChI=1S/C14H18F4N2.ClH/c1-10-2-3-12(15)11(8-10)13(9-14(16,17)18)20-6-4-19-5-7-20;/h2-3,8,13,19H,4-7,9H2,1H3;1H/t13-;/m0./s1. The molecule has 1 aromatic carbocycles. The molecule has 1 N–H and O–H groups in total.